The normalized spacial score (nSPS) is 43.7. The summed E-state index contributed by atoms with van der Waals surface area (Å²) in [7, 11) is 4.07. The minimum Gasteiger partial charge on any atom is -0.508 e. The molecule has 16 rings (SSSR count). The molecule has 0 unspecified atom stereocenters. The van der Waals surface area contributed by atoms with Crippen molar-refractivity contribution in [3.8, 4) is 46.0 Å². The van der Waals surface area contributed by atoms with Crippen LogP contribution in [0.15, 0.2) is 194 Å². The minimum absolute atomic E-state index is 0.0188. The Kier molecular flexibility index (Phi) is 21.2. The van der Waals surface area contributed by atoms with Crippen LogP contribution in [-0.4, -0.2) is 306 Å². The van der Waals surface area contributed by atoms with Crippen LogP contribution >= 0.6 is 0 Å². The number of aliphatic hydroxyl groups is 8. The van der Waals surface area contributed by atoms with E-state index in [1.165, 1.54) is 187 Å². The fraction of sp³-hybridized carbons (Fsp3) is 0.616. The van der Waals surface area contributed by atoms with Gasteiger partial charge in [0.05, 0.1) is 92.5 Å². The number of phenols is 3. The summed E-state index contributed by atoms with van der Waals surface area (Å²) in [4.78, 5) is 4.10. The first-order valence-electron chi connectivity index (χ1n) is 86.8. The van der Waals surface area contributed by atoms with Crippen molar-refractivity contribution < 1.29 is 176 Å². The Balaban J connectivity index is 0.000000279. The molecule has 24 nitrogen and oxygen atoms in total. The standard InChI is InChI=1S/5C16H25NO2.3C15H23NO2/c5*1-17(2)12-14-7-4-5-10-16(14,18)13-8-6-9-15(11-13)19-3;3*1-16(2)11-13-6-3-4-9-15(13,18)12-7-5-8-14(17)10-12/h5*6,8-9,11,14,18H,4-5,7,10,12H2,1-3H3;3*5,7-8,10,13,17-18H,3-4,6,9,11H2,1-2H3/t5*14-,16+;3*13-,15+/m00000000/s1/i1D3,2D3,3D3,10D2,12D2,14D,18D;1D3,3D3,10D2,12D2,14D,18D;1D3,2D3,10D2,12D2,14D,18D;3D3,10D2,12D2,14D,18D;1D3,10D2,12D2,14D,18D;1D3,2D3,9D2,13D,18D;1D3,9D2,13D,18D;9D2,13D,18D. The molecular weight excluding hydrogens is 1870 g/mol. The summed E-state index contributed by atoms with van der Waals surface area (Å²) < 4.78 is 652. The van der Waals surface area contributed by atoms with Gasteiger partial charge >= 0.3 is 0 Å². The Labute approximate surface area is 1010 Å². The highest BCUT2D eigenvalue weighted by atomic mass is 16.5. The van der Waals surface area contributed by atoms with Crippen molar-refractivity contribution in [2.24, 2.45) is 47.2 Å². The van der Waals surface area contributed by atoms with E-state index in [9.17, 15) is 15.3 Å². The van der Waals surface area contributed by atoms with Gasteiger partial charge in [-0.05, 0) is 356 Å². The summed E-state index contributed by atoms with van der Waals surface area (Å²) in [6, 6.07) is 43.3. The lowest BCUT2D eigenvalue weighted by Crippen LogP contribution is -2.43. The van der Waals surface area contributed by atoms with E-state index >= 15 is 0 Å². The highest BCUT2D eigenvalue weighted by molar-refractivity contribution is 5.41. The summed E-state index contributed by atoms with van der Waals surface area (Å²) in [5.74, 6) is -18.8. The molecule has 0 aromatic heterocycles. The fourth-order valence-corrected chi connectivity index (χ4v) is 18.2. The third-order valence-corrected chi connectivity index (χ3v) is 25.1. The van der Waals surface area contributed by atoms with Gasteiger partial charge in [0.15, 0.2) is 0 Å². The van der Waals surface area contributed by atoms with Crippen LogP contribution in [-0.2, 0) is 44.8 Å². The fourth-order valence-electron chi connectivity index (χ4n) is 18.2. The molecule has 0 radical (unpaired) electrons. The molecule has 149 heavy (non-hydrogen) atoms. The van der Waals surface area contributed by atoms with Crippen molar-refractivity contribution in [1.82, 2.24) is 39.2 Å². The SMILES string of the molecule is [2H]O[C@@]1(c2cccc(O)c2)C([2H])([2H])CCC[C@@]1([2H])CN(C([2H])([2H])[2H])C([2H])([2H])[2H].[2H]O[C@@]1(c2cccc(O)c2)C([2H])([2H])CCC[C@@]1([2H])CN(C)C.[2H]O[C@@]1(c2cccc(O)c2)C([2H])([2H])CCC[C@@]1([2H])CN(C)C([2H])([2H])[2H].[2H]O[C@@]1(c2cccc(OC([2H])([2H])[2H])c2)C([2H])([2H])CCC[C@@]1([2H])C([2H])([2H])N(C([2H])([2H])[2H])C([2H])([2H])[2H].[2H]O[C@@]1(c2cccc(OC([2H])([2H])[2H])c2)C([2H])([2H])CCC[C@@]1([2H])C([2H])([2H])N(C)C.[2H]O[C@@]1(c2cccc(OC([2H])([2H])[2H])c2)C([2H])([2H])CCC[C@@]1([2H])C([2H])([2H])N(C)C([2H])([2H])[2H].[2H]O[C@@]1(c2cccc(OC)c2)C([2H])([2H])CCC[C@@]1([2H])C([2H])([2H])N(C([2H])([2H])[2H])C([2H])([2H])[2H].[2H]O[C@@]1(c2cccc(OC)c2)C([2H])([2H])CCC[C@@]1([2H])C([2H])([2H])N(C)C([2H])([2H])[2H]. The number of rotatable bonds is 37. The second-order valence-electron chi connectivity index (χ2n) is 36.8. The van der Waals surface area contributed by atoms with Crippen LogP contribution in [0.25, 0.3) is 0 Å². The van der Waals surface area contributed by atoms with Gasteiger partial charge in [0.25, 0.3) is 0 Å². The number of phenolic OH excluding ortho intramolecular Hbond substituents is 3. The second kappa shape index (κ2) is 59.3. The molecule has 24 heteroatoms. The van der Waals surface area contributed by atoms with Gasteiger partial charge < -0.3 is 119 Å². The largest absolute Gasteiger partial charge is 0.508 e. The summed E-state index contributed by atoms with van der Waals surface area (Å²) in [5.41, 5.74) is -19.2. The van der Waals surface area contributed by atoms with Crippen LogP contribution in [0.3, 0.4) is 0 Å². The van der Waals surface area contributed by atoms with Gasteiger partial charge in [0.2, 0.25) is 11.4 Å². The number of benzene rings is 8. The van der Waals surface area contributed by atoms with Gasteiger partial charge in [-0.1, -0.05) is 200 Å². The van der Waals surface area contributed by atoms with Crippen LogP contribution in [0.4, 0.5) is 0 Å². The number of aromatic hydroxyl groups is 3. The zero-order valence-corrected chi connectivity index (χ0v) is 85.3. The molecule has 8 aliphatic rings. The molecule has 8 fully saturated rings. The number of ether oxygens (including phenoxy) is 5. The molecule has 8 saturated carbocycles. The number of hydrogen-bond donors (Lipinski definition) is 11. The summed E-state index contributed by atoms with van der Waals surface area (Å²) >= 11 is 0. The molecule has 16 atom stereocenters. The average Bonchev–Trinajstić information content (AvgIpc) is 0.681. The van der Waals surface area contributed by atoms with Crippen LogP contribution in [0, 0.1) is 47.2 Å². The van der Waals surface area contributed by atoms with E-state index in [1.54, 1.807) is 18.2 Å². The minimum atomic E-state index is -3.60. The molecule has 0 aliphatic heterocycles. The molecule has 0 bridgehead atoms. The van der Waals surface area contributed by atoms with Gasteiger partial charge in [-0.3, -0.25) is 0 Å². The molecule has 0 saturated heterocycles. The van der Waals surface area contributed by atoms with Gasteiger partial charge in [-0.2, -0.15) is 0 Å². The molecule has 8 aliphatic carbocycles. The molecule has 0 spiro atoms. The Morgan fingerprint density at radius 1 is 0.248 bits per heavy atom. The van der Waals surface area contributed by atoms with Crippen molar-refractivity contribution in [2.75, 3.05) is 200 Å². The van der Waals surface area contributed by atoms with Crippen molar-refractivity contribution >= 4 is 0 Å². The van der Waals surface area contributed by atoms with Crippen molar-refractivity contribution in [3.05, 3.63) is 239 Å². The lowest BCUT2D eigenvalue weighted by Gasteiger charge is -2.41. The Bertz CT molecular complexity index is 8620. The molecule has 11 N–H and O–H groups in total. The van der Waals surface area contributed by atoms with E-state index in [1.807, 2.05) is 19.0 Å². The molecular formula is C125H194N8O16. The van der Waals surface area contributed by atoms with Gasteiger partial charge in [0, 0.05) is 183 Å². The third kappa shape index (κ3) is 35.3. The highest BCUT2D eigenvalue weighted by Crippen LogP contribution is 2.52. The van der Waals surface area contributed by atoms with E-state index < -0.39 is 284 Å². The van der Waals surface area contributed by atoms with Crippen molar-refractivity contribution in [2.45, 2.75) is 250 Å². The van der Waals surface area contributed by atoms with Crippen molar-refractivity contribution in [1.29, 1.82) is 11.4 Å². The summed E-state index contributed by atoms with van der Waals surface area (Å²) in [6.07, 6.45) is -19.0. The second-order valence-corrected chi connectivity index (χ2v) is 36.8. The van der Waals surface area contributed by atoms with E-state index in [4.69, 9.17) is 172 Å². The Hall–Kier alpha value is -8.48. The first-order chi connectivity index (χ1) is 102. The average molecular weight is 2140 g/mol. The quantitative estimate of drug-likeness (QED) is 0.0172. The summed E-state index contributed by atoms with van der Waals surface area (Å²) in [6.45, 7) is -44.7. The zero-order chi connectivity index (χ0) is 175. The van der Waals surface area contributed by atoms with Crippen LogP contribution < -0.4 is 23.7 Å². The van der Waals surface area contributed by atoms with E-state index in [2.05, 4.69) is 0 Å². The summed E-state index contributed by atoms with van der Waals surface area (Å²) in [5, 5.41) is 68.6. The molecule has 0 amide bonds. The zero-order valence-electron chi connectivity index (χ0n) is 163. The van der Waals surface area contributed by atoms with Gasteiger partial charge in [-0.25, -0.2) is 0 Å². The topological polar surface area (TPSA) is 295 Å². The number of hydrogen-bond acceptors (Lipinski definition) is 24. The van der Waals surface area contributed by atoms with E-state index in [0.29, 0.717) is 40.4 Å². The van der Waals surface area contributed by atoms with Gasteiger partial charge in [-0.15, -0.1) is 0 Å². The van der Waals surface area contributed by atoms with Crippen LogP contribution in [0.2, 0.25) is 0 Å². The number of methoxy groups -OCH3 is 5. The Morgan fingerprint density at radius 2 is 0.443 bits per heavy atom. The van der Waals surface area contributed by atoms with E-state index in [-0.39, 0.29) is 224 Å². The predicted molar refractivity (Wildman–Crippen MR) is 605 cm³/mol. The van der Waals surface area contributed by atoms with Gasteiger partial charge in [0.1, 0.15) is 46.0 Å². The van der Waals surface area contributed by atoms with E-state index in [0.717, 1.165) is 48.2 Å². The van der Waals surface area contributed by atoms with Crippen LogP contribution in [0.5, 0.6) is 46.0 Å². The van der Waals surface area contributed by atoms with Crippen LogP contribution in [0.1, 0.15) is 346 Å². The highest BCUT2D eigenvalue weighted by Gasteiger charge is 2.49. The Morgan fingerprint density at radius 3 is 0.651 bits per heavy atom. The lowest BCUT2D eigenvalue weighted by molar-refractivity contribution is -0.0621. The lowest BCUT2D eigenvalue weighted by atomic mass is 9.71. The molecule has 830 valence electrons. The first-order valence-corrected chi connectivity index (χ1v) is 48.5. The molecule has 8 aromatic carbocycles. The monoisotopic (exact) mass is 2140 g/mol. The maximum absolute atomic E-state index is 9.84. The maximum atomic E-state index is 9.84. The predicted octanol–water partition coefficient (Wildman–Crippen LogP) is 20.2. The number of nitrogens with zero attached hydrogens (tertiary/aromatic N) is 8. The smallest absolute Gasteiger partial charge is 0.211 e. The third-order valence-electron chi connectivity index (χ3n) is 25.1. The first kappa shape index (κ1) is 53.3. The van der Waals surface area contributed by atoms with Crippen molar-refractivity contribution in [3.63, 3.8) is 0 Å². The maximum Gasteiger partial charge on any atom is 0.211 e. The molecule has 8 aromatic rings. The molecule has 0 heterocycles.